The highest BCUT2D eigenvalue weighted by atomic mass is 32.2. The minimum Gasteiger partial charge on any atom is -0.323 e. The quantitative estimate of drug-likeness (QED) is 0.744. The lowest BCUT2D eigenvalue weighted by Gasteiger charge is -2.19. The van der Waals surface area contributed by atoms with E-state index in [4.69, 9.17) is 0 Å². The molecular weight excluding hydrogens is 338 g/mol. The lowest BCUT2D eigenvalue weighted by molar-refractivity contribution is 0.560. The molecule has 0 unspecified atom stereocenters. The van der Waals surface area contributed by atoms with E-state index < -0.39 is 14.6 Å². The van der Waals surface area contributed by atoms with Crippen LogP contribution in [0.4, 0.5) is 11.6 Å². The molecular formula is C17H21N5O2S. The number of nitrogens with one attached hydrogen (secondary N) is 2. The van der Waals surface area contributed by atoms with Gasteiger partial charge < -0.3 is 5.32 Å². The van der Waals surface area contributed by atoms with E-state index >= 15 is 0 Å². The molecule has 2 aromatic heterocycles. The van der Waals surface area contributed by atoms with Gasteiger partial charge in [0.2, 0.25) is 0 Å². The van der Waals surface area contributed by atoms with E-state index in [0.29, 0.717) is 22.5 Å². The average Bonchev–Trinajstić information content (AvgIpc) is 2.86. The summed E-state index contributed by atoms with van der Waals surface area (Å²) in [5.41, 5.74) is 2.59. The second-order valence-electron chi connectivity index (χ2n) is 6.96. The Kier molecular flexibility index (Phi) is 4.03. The van der Waals surface area contributed by atoms with Gasteiger partial charge in [-0.05, 0) is 52.8 Å². The topological polar surface area (TPSA) is 101 Å². The number of hydrogen-bond acceptors (Lipinski definition) is 6. The number of benzene rings is 1. The lowest BCUT2D eigenvalue weighted by Crippen LogP contribution is -2.27. The van der Waals surface area contributed by atoms with Crippen LogP contribution in [0.15, 0.2) is 29.4 Å². The van der Waals surface area contributed by atoms with Crippen LogP contribution in [0, 0.1) is 13.8 Å². The molecule has 0 amide bonds. The first-order valence-corrected chi connectivity index (χ1v) is 9.37. The third-order valence-electron chi connectivity index (χ3n) is 4.21. The molecule has 0 saturated heterocycles. The molecule has 0 aliphatic heterocycles. The Balaban J connectivity index is 2.15. The van der Waals surface area contributed by atoms with Crippen LogP contribution in [0.3, 0.4) is 0 Å². The summed E-state index contributed by atoms with van der Waals surface area (Å²) in [6.45, 7) is 8.93. The van der Waals surface area contributed by atoms with Crippen LogP contribution < -0.4 is 5.32 Å². The number of H-pyrrole nitrogens is 1. The lowest BCUT2D eigenvalue weighted by atomic mass is 10.2. The number of aryl methyl sites for hydroxylation is 1. The SMILES string of the molecule is Cc1[nH]nc(Nc2ncnc3ccc(S(=O)(=O)C(C)(C)C)cc23)c1C. The molecule has 3 aromatic rings. The van der Waals surface area contributed by atoms with Crippen molar-refractivity contribution in [2.24, 2.45) is 0 Å². The smallest absolute Gasteiger partial charge is 0.183 e. The zero-order chi connectivity index (χ0) is 18.4. The molecule has 0 fully saturated rings. The van der Waals surface area contributed by atoms with Crippen molar-refractivity contribution in [3.8, 4) is 0 Å². The summed E-state index contributed by atoms with van der Waals surface area (Å²) in [5, 5.41) is 10.9. The zero-order valence-corrected chi connectivity index (χ0v) is 15.7. The maximum absolute atomic E-state index is 12.7. The van der Waals surface area contributed by atoms with Gasteiger partial charge in [-0.3, -0.25) is 5.10 Å². The van der Waals surface area contributed by atoms with Gasteiger partial charge >= 0.3 is 0 Å². The van der Waals surface area contributed by atoms with Gasteiger partial charge in [0.25, 0.3) is 0 Å². The van der Waals surface area contributed by atoms with Gasteiger partial charge in [0, 0.05) is 16.6 Å². The maximum atomic E-state index is 12.7. The number of aromatic nitrogens is 4. The predicted molar refractivity (Wildman–Crippen MR) is 97.8 cm³/mol. The summed E-state index contributed by atoms with van der Waals surface area (Å²) in [7, 11) is -3.47. The Labute approximate surface area is 146 Å². The van der Waals surface area contributed by atoms with Crippen LogP contribution in [0.2, 0.25) is 0 Å². The second-order valence-corrected chi connectivity index (χ2v) is 9.67. The fraction of sp³-hybridized carbons (Fsp3) is 0.353. The molecule has 0 atom stereocenters. The number of fused-ring (bicyclic) bond motifs is 1. The molecule has 2 heterocycles. The fourth-order valence-corrected chi connectivity index (χ4v) is 3.60. The molecule has 7 nitrogen and oxygen atoms in total. The Morgan fingerprint density at radius 1 is 1.08 bits per heavy atom. The molecule has 132 valence electrons. The van der Waals surface area contributed by atoms with Crippen molar-refractivity contribution in [3.05, 3.63) is 35.8 Å². The van der Waals surface area contributed by atoms with E-state index in [1.54, 1.807) is 39.0 Å². The average molecular weight is 359 g/mol. The van der Waals surface area contributed by atoms with Crippen molar-refractivity contribution < 1.29 is 8.42 Å². The van der Waals surface area contributed by atoms with Crippen LogP contribution in [-0.2, 0) is 9.84 Å². The molecule has 8 heteroatoms. The van der Waals surface area contributed by atoms with Crippen molar-refractivity contribution in [1.82, 2.24) is 20.2 Å². The Hall–Kier alpha value is -2.48. The summed E-state index contributed by atoms with van der Waals surface area (Å²) >= 11 is 0. The molecule has 3 rings (SSSR count). The van der Waals surface area contributed by atoms with Crippen molar-refractivity contribution >= 4 is 32.4 Å². The van der Waals surface area contributed by atoms with Crippen LogP contribution in [0.1, 0.15) is 32.0 Å². The van der Waals surface area contributed by atoms with E-state index in [0.717, 1.165) is 11.3 Å². The minimum atomic E-state index is -3.47. The van der Waals surface area contributed by atoms with Crippen molar-refractivity contribution in [2.75, 3.05) is 5.32 Å². The minimum absolute atomic E-state index is 0.250. The highest BCUT2D eigenvalue weighted by molar-refractivity contribution is 7.92. The third kappa shape index (κ3) is 2.97. The normalized spacial score (nSPS) is 12.5. The number of aromatic amines is 1. The highest BCUT2D eigenvalue weighted by Gasteiger charge is 2.31. The van der Waals surface area contributed by atoms with Crippen LogP contribution in [0.5, 0.6) is 0 Å². The van der Waals surface area contributed by atoms with E-state index in [9.17, 15) is 8.42 Å². The molecule has 25 heavy (non-hydrogen) atoms. The third-order valence-corrected chi connectivity index (χ3v) is 6.70. The number of nitrogens with zero attached hydrogens (tertiary/aromatic N) is 3. The first kappa shape index (κ1) is 17.3. The summed E-state index contributed by atoms with van der Waals surface area (Å²) in [6, 6.07) is 4.90. The van der Waals surface area contributed by atoms with Gasteiger partial charge in [-0.2, -0.15) is 5.10 Å². The summed E-state index contributed by atoms with van der Waals surface area (Å²) in [6.07, 6.45) is 1.44. The highest BCUT2D eigenvalue weighted by Crippen LogP contribution is 2.30. The number of sulfone groups is 1. The molecule has 0 bridgehead atoms. The zero-order valence-electron chi connectivity index (χ0n) is 14.9. The van der Waals surface area contributed by atoms with Gasteiger partial charge in [-0.15, -0.1) is 0 Å². The number of anilines is 2. The van der Waals surface area contributed by atoms with Gasteiger partial charge in [-0.25, -0.2) is 18.4 Å². The summed E-state index contributed by atoms with van der Waals surface area (Å²) in [5.74, 6) is 1.17. The predicted octanol–water partition coefficient (Wildman–Crippen LogP) is 3.29. The monoisotopic (exact) mass is 359 g/mol. The van der Waals surface area contributed by atoms with Crippen molar-refractivity contribution in [3.63, 3.8) is 0 Å². The Morgan fingerprint density at radius 3 is 2.40 bits per heavy atom. The molecule has 1 aromatic carbocycles. The van der Waals surface area contributed by atoms with Gasteiger partial charge in [0.1, 0.15) is 12.1 Å². The van der Waals surface area contributed by atoms with E-state index in [1.165, 1.54) is 6.33 Å². The van der Waals surface area contributed by atoms with E-state index in [-0.39, 0.29) is 4.90 Å². The fourth-order valence-electron chi connectivity index (χ4n) is 2.37. The molecule has 0 saturated carbocycles. The van der Waals surface area contributed by atoms with Crippen molar-refractivity contribution in [1.29, 1.82) is 0 Å². The van der Waals surface area contributed by atoms with E-state index in [1.807, 2.05) is 13.8 Å². The summed E-state index contributed by atoms with van der Waals surface area (Å²) < 4.78 is 24.6. The van der Waals surface area contributed by atoms with Gasteiger partial charge in [0.15, 0.2) is 15.7 Å². The summed E-state index contributed by atoms with van der Waals surface area (Å²) in [4.78, 5) is 8.74. The van der Waals surface area contributed by atoms with E-state index in [2.05, 4.69) is 25.5 Å². The van der Waals surface area contributed by atoms with Crippen LogP contribution >= 0.6 is 0 Å². The molecule has 2 N–H and O–H groups in total. The van der Waals surface area contributed by atoms with Gasteiger partial charge in [-0.1, -0.05) is 0 Å². The van der Waals surface area contributed by atoms with Crippen LogP contribution in [-0.4, -0.2) is 33.3 Å². The van der Waals surface area contributed by atoms with Crippen LogP contribution in [0.25, 0.3) is 10.9 Å². The molecule has 0 aliphatic rings. The molecule has 0 aliphatic carbocycles. The Morgan fingerprint density at radius 2 is 1.80 bits per heavy atom. The second kappa shape index (κ2) is 5.80. The first-order chi connectivity index (χ1) is 11.6. The largest absolute Gasteiger partial charge is 0.323 e. The number of rotatable bonds is 3. The standard InChI is InChI=1S/C17H21N5O2S/c1-10-11(2)21-22-15(10)20-16-13-8-12(25(23,24)17(3,4)5)6-7-14(13)18-9-19-16/h6-9H,1-5H3,(H2,18,19,20,21,22). The maximum Gasteiger partial charge on any atom is 0.183 e. The van der Waals surface area contributed by atoms with Gasteiger partial charge in [0.05, 0.1) is 15.2 Å². The first-order valence-electron chi connectivity index (χ1n) is 7.89. The molecule has 0 radical (unpaired) electrons. The van der Waals surface area contributed by atoms with Crippen molar-refractivity contribution in [2.45, 2.75) is 44.3 Å². The molecule has 0 spiro atoms. The Bertz CT molecular complexity index is 1050. The number of hydrogen-bond donors (Lipinski definition) is 2.